The number of aryl methyl sites for hydroxylation is 1. The maximum absolute atomic E-state index is 13.9. The molecule has 0 bridgehead atoms. The third-order valence-electron chi connectivity index (χ3n) is 6.74. The van der Waals surface area contributed by atoms with Crippen LogP contribution in [0.5, 0.6) is 5.75 Å². The zero-order valence-electron chi connectivity index (χ0n) is 21.6. The van der Waals surface area contributed by atoms with Gasteiger partial charge >= 0.3 is 12.3 Å². The normalized spacial score (nSPS) is 17.6. The van der Waals surface area contributed by atoms with Crippen LogP contribution >= 0.6 is 0 Å². The van der Waals surface area contributed by atoms with E-state index in [2.05, 4.69) is 30.7 Å². The molecule has 0 radical (unpaired) electrons. The highest BCUT2D eigenvalue weighted by molar-refractivity contribution is 7.92. The first kappa shape index (κ1) is 27.7. The molecule has 1 aromatic heterocycles. The second-order valence-corrected chi connectivity index (χ2v) is 12.1. The summed E-state index contributed by atoms with van der Waals surface area (Å²) in [4.78, 5) is 12.4. The number of anilines is 2. The number of H-pyrrole nitrogens is 1. The summed E-state index contributed by atoms with van der Waals surface area (Å²) in [5.74, 6) is 0.999. The van der Waals surface area contributed by atoms with Crippen molar-refractivity contribution in [1.29, 1.82) is 0 Å². The summed E-state index contributed by atoms with van der Waals surface area (Å²) in [6.45, 7) is 1.40. The Morgan fingerprint density at radius 1 is 1.20 bits per heavy atom. The Hall–Kier alpha value is -3.88. The molecule has 1 fully saturated rings. The lowest BCUT2D eigenvalue weighted by molar-refractivity contribution is -0.242. The molecular weight excluding hydrogens is 553 g/mol. The number of hydrogen-bond donors (Lipinski definition) is 2. The van der Waals surface area contributed by atoms with Crippen molar-refractivity contribution in [1.82, 2.24) is 20.6 Å². The van der Waals surface area contributed by atoms with Gasteiger partial charge in [0.2, 0.25) is 5.60 Å². The number of benzene rings is 2. The predicted octanol–water partition coefficient (Wildman–Crippen LogP) is 4.56. The van der Waals surface area contributed by atoms with Crippen molar-refractivity contribution in [2.45, 2.75) is 68.2 Å². The van der Waals surface area contributed by atoms with Crippen LogP contribution < -0.4 is 14.4 Å². The molecule has 0 spiro atoms. The number of aromatic nitrogens is 4. The van der Waals surface area contributed by atoms with Crippen molar-refractivity contribution >= 4 is 27.5 Å². The maximum atomic E-state index is 13.9. The van der Waals surface area contributed by atoms with Gasteiger partial charge in [0.05, 0.1) is 17.1 Å². The lowest BCUT2D eigenvalue weighted by Gasteiger charge is -2.36. The average Bonchev–Trinajstić information content (AvgIpc) is 3.61. The van der Waals surface area contributed by atoms with Crippen molar-refractivity contribution in [3.63, 3.8) is 0 Å². The second kappa shape index (κ2) is 10.3. The van der Waals surface area contributed by atoms with Gasteiger partial charge in [-0.1, -0.05) is 17.3 Å². The van der Waals surface area contributed by atoms with Gasteiger partial charge < -0.3 is 9.47 Å². The van der Waals surface area contributed by atoms with Crippen LogP contribution in [-0.2, 0) is 21.2 Å². The number of aromatic amines is 1. The number of ether oxygens (including phenoxy) is 2. The molecular formula is C25H27F3N6O5S. The maximum Gasteiger partial charge on any atom is 0.427 e. The number of fused-ring (bicyclic) bond motifs is 1. The Bertz CT molecular complexity index is 1490. The summed E-state index contributed by atoms with van der Waals surface area (Å²) >= 11 is 0. The molecule has 11 nitrogen and oxygen atoms in total. The smallest absolute Gasteiger partial charge is 0.427 e. The summed E-state index contributed by atoms with van der Waals surface area (Å²) < 4.78 is 79.2. The van der Waals surface area contributed by atoms with Gasteiger partial charge in [-0.2, -0.15) is 18.4 Å². The third kappa shape index (κ3) is 5.83. The van der Waals surface area contributed by atoms with Gasteiger partial charge in [-0.3, -0.25) is 9.62 Å². The molecule has 0 saturated heterocycles. The number of nitrogens with zero attached hydrogens (tertiary/aromatic N) is 4. The second-order valence-electron chi connectivity index (χ2n) is 10.2. The fourth-order valence-electron chi connectivity index (χ4n) is 4.25. The number of halogens is 3. The molecule has 1 atom stereocenters. The van der Waals surface area contributed by atoms with E-state index in [4.69, 9.17) is 4.74 Å². The van der Waals surface area contributed by atoms with E-state index < -0.39 is 34.0 Å². The quantitative estimate of drug-likeness (QED) is 0.396. The van der Waals surface area contributed by atoms with E-state index in [9.17, 15) is 26.4 Å². The SMILES string of the molecule is CC(C)(OC(=O)Nc1ccc2c(c1)N(S(=O)(=O)c1cccc(C3CC3)c1)C[C@H](CCc1nn[nH]n1)O2)C(F)(F)F. The highest BCUT2D eigenvalue weighted by atomic mass is 32.2. The van der Waals surface area contributed by atoms with Crippen LogP contribution in [0.3, 0.4) is 0 Å². The Labute approximate surface area is 228 Å². The van der Waals surface area contributed by atoms with Crippen molar-refractivity contribution in [3.05, 3.63) is 53.9 Å². The number of sulfonamides is 1. The molecule has 40 heavy (non-hydrogen) atoms. The third-order valence-corrected chi connectivity index (χ3v) is 8.52. The molecule has 0 unspecified atom stereocenters. The summed E-state index contributed by atoms with van der Waals surface area (Å²) in [5, 5.41) is 16.0. The number of carbonyl (C=O) groups is 1. The number of nitrogens with one attached hydrogen (secondary N) is 2. The zero-order valence-corrected chi connectivity index (χ0v) is 22.4. The summed E-state index contributed by atoms with van der Waals surface area (Å²) in [6, 6.07) is 10.9. The number of tetrazole rings is 1. The van der Waals surface area contributed by atoms with Crippen LogP contribution in [0.25, 0.3) is 0 Å². The van der Waals surface area contributed by atoms with Crippen LogP contribution in [0, 0.1) is 0 Å². The lowest BCUT2D eigenvalue weighted by atomic mass is 10.1. The van der Waals surface area contributed by atoms with E-state index in [0.717, 1.165) is 32.3 Å². The van der Waals surface area contributed by atoms with E-state index in [0.29, 0.717) is 24.6 Å². The van der Waals surface area contributed by atoms with E-state index in [-0.39, 0.29) is 28.6 Å². The van der Waals surface area contributed by atoms with Crippen LogP contribution in [-0.4, -0.2) is 59.6 Å². The van der Waals surface area contributed by atoms with E-state index in [1.54, 1.807) is 12.1 Å². The molecule has 2 aliphatic rings. The minimum absolute atomic E-state index is 0.0301. The van der Waals surface area contributed by atoms with Crippen molar-refractivity contribution in [3.8, 4) is 5.75 Å². The minimum Gasteiger partial charge on any atom is -0.486 e. The summed E-state index contributed by atoms with van der Waals surface area (Å²) in [6.07, 6.45) is -3.94. The summed E-state index contributed by atoms with van der Waals surface area (Å²) in [7, 11) is -4.09. The van der Waals surface area contributed by atoms with E-state index in [1.165, 1.54) is 28.6 Å². The molecule has 2 aromatic carbocycles. The lowest BCUT2D eigenvalue weighted by Crippen LogP contribution is -2.44. The number of carbonyl (C=O) groups excluding carboxylic acids is 1. The molecule has 1 aliphatic heterocycles. The number of hydrogen-bond acceptors (Lipinski definition) is 8. The number of alkyl halides is 3. The first-order chi connectivity index (χ1) is 18.8. The summed E-state index contributed by atoms with van der Waals surface area (Å²) in [5.41, 5.74) is -1.64. The monoisotopic (exact) mass is 580 g/mol. The average molecular weight is 581 g/mol. The molecule has 5 rings (SSSR count). The first-order valence-corrected chi connectivity index (χ1v) is 14.0. The Morgan fingerprint density at radius 2 is 1.98 bits per heavy atom. The Kier molecular flexibility index (Phi) is 7.10. The molecule has 3 aromatic rings. The Morgan fingerprint density at radius 3 is 2.65 bits per heavy atom. The fraction of sp³-hybridized carbons (Fsp3) is 0.440. The van der Waals surface area contributed by atoms with Gasteiger partial charge in [0.15, 0.2) is 5.82 Å². The molecule has 1 saturated carbocycles. The first-order valence-electron chi connectivity index (χ1n) is 12.6. The van der Waals surface area contributed by atoms with Gasteiger partial charge in [-0.05, 0) is 74.9 Å². The predicted molar refractivity (Wildman–Crippen MR) is 137 cm³/mol. The molecule has 1 amide bonds. The topological polar surface area (TPSA) is 139 Å². The molecule has 2 N–H and O–H groups in total. The van der Waals surface area contributed by atoms with Gasteiger partial charge in [-0.15, -0.1) is 10.2 Å². The van der Waals surface area contributed by atoms with Gasteiger partial charge in [-0.25, -0.2) is 13.2 Å². The van der Waals surface area contributed by atoms with Crippen LogP contribution in [0.2, 0.25) is 0 Å². The van der Waals surface area contributed by atoms with Crippen molar-refractivity contribution in [2.75, 3.05) is 16.2 Å². The van der Waals surface area contributed by atoms with Crippen LogP contribution in [0.1, 0.15) is 50.4 Å². The highest BCUT2D eigenvalue weighted by Crippen LogP contribution is 2.43. The highest BCUT2D eigenvalue weighted by Gasteiger charge is 2.51. The van der Waals surface area contributed by atoms with Crippen LogP contribution in [0.4, 0.5) is 29.3 Å². The zero-order chi connectivity index (χ0) is 28.7. The minimum atomic E-state index is -4.79. The molecule has 2 heterocycles. The number of rotatable bonds is 8. The van der Waals surface area contributed by atoms with Gasteiger partial charge in [0, 0.05) is 12.1 Å². The van der Waals surface area contributed by atoms with E-state index >= 15 is 0 Å². The van der Waals surface area contributed by atoms with E-state index in [1.807, 2.05) is 6.07 Å². The number of amides is 1. The molecule has 1 aliphatic carbocycles. The van der Waals surface area contributed by atoms with Crippen molar-refractivity contribution in [2.24, 2.45) is 0 Å². The standard InChI is InChI=1S/C25H27F3N6O5S/c1-24(2,25(26,27)28)39-23(35)29-17-8-10-21-20(13-17)34(14-18(38-21)9-11-22-30-32-33-31-22)40(36,37)19-5-3-4-16(12-19)15-6-7-15/h3-5,8,10,12-13,15,18H,6-7,9,11,14H2,1-2H3,(H,29,35)(H,30,31,32,33)/t18-/m0/s1. The van der Waals surface area contributed by atoms with Gasteiger partial charge in [0.25, 0.3) is 10.0 Å². The van der Waals surface area contributed by atoms with Crippen molar-refractivity contribution < 1.29 is 35.9 Å². The largest absolute Gasteiger partial charge is 0.486 e. The molecule has 15 heteroatoms. The van der Waals surface area contributed by atoms with Gasteiger partial charge in [0.1, 0.15) is 11.9 Å². The Balaban J connectivity index is 1.44. The van der Waals surface area contributed by atoms with Crippen LogP contribution in [0.15, 0.2) is 47.4 Å². The molecule has 214 valence electrons. The fourth-order valence-corrected chi connectivity index (χ4v) is 5.81.